The summed E-state index contributed by atoms with van der Waals surface area (Å²) in [5.41, 5.74) is 1.12. The molecule has 0 radical (unpaired) electrons. The molecule has 0 amide bonds. The molecule has 0 aliphatic rings. The van der Waals surface area contributed by atoms with Crippen LogP contribution in [-0.4, -0.2) is 16.8 Å². The van der Waals surface area contributed by atoms with Crippen LogP contribution in [0.3, 0.4) is 0 Å². The van der Waals surface area contributed by atoms with E-state index in [4.69, 9.17) is 4.74 Å². The van der Waals surface area contributed by atoms with E-state index in [0.29, 0.717) is 0 Å². The number of aryl methyl sites for hydroxylation is 1. The van der Waals surface area contributed by atoms with Gasteiger partial charge in [-0.05, 0) is 38.6 Å². The monoisotopic (exact) mass is 337 g/mol. The van der Waals surface area contributed by atoms with Crippen LogP contribution in [-0.2, 0) is 6.54 Å². The summed E-state index contributed by atoms with van der Waals surface area (Å²) in [5, 5.41) is 7.52. The van der Waals surface area contributed by atoms with Crippen molar-refractivity contribution >= 4 is 15.9 Å². The SMILES string of the molecule is CCCn1cc(Oc2ccc(Br)cc2C(C)NC)cn1. The fourth-order valence-corrected chi connectivity index (χ4v) is 2.36. The molecule has 1 aromatic carbocycles. The highest BCUT2D eigenvalue weighted by atomic mass is 79.9. The highest BCUT2D eigenvalue weighted by molar-refractivity contribution is 9.10. The minimum atomic E-state index is 0.216. The van der Waals surface area contributed by atoms with Crippen molar-refractivity contribution in [2.45, 2.75) is 32.9 Å². The average Bonchev–Trinajstić information content (AvgIpc) is 2.88. The Morgan fingerprint density at radius 1 is 1.45 bits per heavy atom. The number of halogens is 1. The highest BCUT2D eigenvalue weighted by Gasteiger charge is 2.12. The third-order valence-electron chi connectivity index (χ3n) is 3.16. The number of hydrogen-bond donors (Lipinski definition) is 1. The van der Waals surface area contributed by atoms with Crippen molar-refractivity contribution < 1.29 is 4.74 Å². The minimum Gasteiger partial charge on any atom is -0.454 e. The van der Waals surface area contributed by atoms with Crippen molar-refractivity contribution in [2.75, 3.05) is 7.05 Å². The summed E-state index contributed by atoms with van der Waals surface area (Å²) in [4.78, 5) is 0. The maximum absolute atomic E-state index is 5.97. The molecule has 0 spiro atoms. The standard InChI is InChI=1S/C15H20BrN3O/c1-4-7-19-10-13(9-18-19)20-15-6-5-12(16)8-14(15)11(2)17-3/h5-6,8-11,17H,4,7H2,1-3H3. The van der Waals surface area contributed by atoms with Gasteiger partial charge in [0.2, 0.25) is 0 Å². The van der Waals surface area contributed by atoms with Gasteiger partial charge in [-0.1, -0.05) is 22.9 Å². The topological polar surface area (TPSA) is 39.1 Å². The molecule has 4 nitrogen and oxygen atoms in total. The van der Waals surface area contributed by atoms with Crippen LogP contribution in [0.25, 0.3) is 0 Å². The number of ether oxygens (including phenoxy) is 1. The van der Waals surface area contributed by atoms with Gasteiger partial charge in [0.15, 0.2) is 5.75 Å². The summed E-state index contributed by atoms with van der Waals surface area (Å²) in [5.74, 6) is 1.62. The van der Waals surface area contributed by atoms with Crippen LogP contribution in [0.1, 0.15) is 31.9 Å². The van der Waals surface area contributed by atoms with Gasteiger partial charge in [0, 0.05) is 22.6 Å². The van der Waals surface area contributed by atoms with Crippen LogP contribution in [0.4, 0.5) is 0 Å². The highest BCUT2D eigenvalue weighted by Crippen LogP contribution is 2.31. The fourth-order valence-electron chi connectivity index (χ4n) is 1.98. The van der Waals surface area contributed by atoms with Crippen LogP contribution >= 0.6 is 15.9 Å². The quantitative estimate of drug-likeness (QED) is 0.861. The predicted octanol–water partition coefficient (Wildman–Crippen LogP) is 4.13. The van der Waals surface area contributed by atoms with E-state index in [9.17, 15) is 0 Å². The van der Waals surface area contributed by atoms with E-state index in [1.54, 1.807) is 6.20 Å². The molecule has 1 heterocycles. The third-order valence-corrected chi connectivity index (χ3v) is 3.65. The van der Waals surface area contributed by atoms with Gasteiger partial charge in [0.05, 0.1) is 12.4 Å². The van der Waals surface area contributed by atoms with Crippen LogP contribution in [0.15, 0.2) is 35.1 Å². The van der Waals surface area contributed by atoms with Gasteiger partial charge in [-0.3, -0.25) is 4.68 Å². The van der Waals surface area contributed by atoms with Crippen molar-refractivity contribution in [3.63, 3.8) is 0 Å². The van der Waals surface area contributed by atoms with Crippen LogP contribution in [0.2, 0.25) is 0 Å². The smallest absolute Gasteiger partial charge is 0.165 e. The first kappa shape index (κ1) is 15.1. The Balaban J connectivity index is 2.23. The van der Waals surface area contributed by atoms with Gasteiger partial charge in [-0.15, -0.1) is 0 Å². The van der Waals surface area contributed by atoms with E-state index in [-0.39, 0.29) is 6.04 Å². The molecule has 0 aliphatic carbocycles. The zero-order valence-corrected chi connectivity index (χ0v) is 13.6. The molecule has 0 aliphatic heterocycles. The van der Waals surface area contributed by atoms with E-state index in [2.05, 4.69) is 46.3 Å². The molecule has 1 atom stereocenters. The first-order valence-corrected chi connectivity index (χ1v) is 7.60. The summed E-state index contributed by atoms with van der Waals surface area (Å²) in [7, 11) is 1.94. The van der Waals surface area contributed by atoms with Crippen LogP contribution < -0.4 is 10.1 Å². The molecule has 1 aromatic heterocycles. The van der Waals surface area contributed by atoms with Gasteiger partial charge in [0.1, 0.15) is 5.75 Å². The first-order chi connectivity index (χ1) is 9.63. The summed E-state index contributed by atoms with van der Waals surface area (Å²) < 4.78 is 8.91. The molecule has 5 heteroatoms. The summed E-state index contributed by atoms with van der Waals surface area (Å²) in [6.07, 6.45) is 4.74. The van der Waals surface area contributed by atoms with Crippen molar-refractivity contribution in [2.24, 2.45) is 0 Å². The Morgan fingerprint density at radius 3 is 2.95 bits per heavy atom. The van der Waals surface area contributed by atoms with Crippen molar-refractivity contribution in [1.29, 1.82) is 0 Å². The molecule has 1 N–H and O–H groups in total. The summed E-state index contributed by atoms with van der Waals surface area (Å²) in [6, 6.07) is 6.25. The molecule has 2 rings (SSSR count). The van der Waals surface area contributed by atoms with Crippen LogP contribution in [0, 0.1) is 0 Å². The Bertz CT molecular complexity index is 568. The van der Waals surface area contributed by atoms with Crippen molar-refractivity contribution in [3.8, 4) is 11.5 Å². The van der Waals surface area contributed by atoms with Crippen molar-refractivity contribution in [1.82, 2.24) is 15.1 Å². The molecule has 0 saturated heterocycles. The zero-order valence-electron chi connectivity index (χ0n) is 12.1. The van der Waals surface area contributed by atoms with Gasteiger partial charge < -0.3 is 10.1 Å². The lowest BCUT2D eigenvalue weighted by molar-refractivity contribution is 0.464. The van der Waals surface area contributed by atoms with E-state index < -0.39 is 0 Å². The van der Waals surface area contributed by atoms with E-state index in [1.807, 2.05) is 30.1 Å². The van der Waals surface area contributed by atoms with Gasteiger partial charge >= 0.3 is 0 Å². The molecule has 2 aromatic rings. The summed E-state index contributed by atoms with van der Waals surface area (Å²) >= 11 is 3.50. The number of nitrogens with zero attached hydrogens (tertiary/aromatic N) is 2. The van der Waals surface area contributed by atoms with E-state index in [0.717, 1.165) is 34.5 Å². The molecule has 0 bridgehead atoms. The van der Waals surface area contributed by atoms with E-state index >= 15 is 0 Å². The number of nitrogens with one attached hydrogen (secondary N) is 1. The molecule has 108 valence electrons. The average molecular weight is 338 g/mol. The number of rotatable bonds is 6. The second-order valence-electron chi connectivity index (χ2n) is 4.73. The molecular weight excluding hydrogens is 318 g/mol. The third kappa shape index (κ3) is 3.61. The Kier molecular flexibility index (Phi) is 5.20. The van der Waals surface area contributed by atoms with Crippen molar-refractivity contribution in [3.05, 3.63) is 40.6 Å². The number of hydrogen-bond acceptors (Lipinski definition) is 3. The molecule has 0 saturated carbocycles. The number of benzene rings is 1. The second-order valence-corrected chi connectivity index (χ2v) is 5.65. The minimum absolute atomic E-state index is 0.216. The van der Waals surface area contributed by atoms with Crippen LogP contribution in [0.5, 0.6) is 11.5 Å². The molecule has 20 heavy (non-hydrogen) atoms. The number of aromatic nitrogens is 2. The van der Waals surface area contributed by atoms with E-state index in [1.165, 1.54) is 0 Å². The Hall–Kier alpha value is -1.33. The Morgan fingerprint density at radius 2 is 2.25 bits per heavy atom. The predicted molar refractivity (Wildman–Crippen MR) is 84.2 cm³/mol. The first-order valence-electron chi connectivity index (χ1n) is 6.81. The largest absolute Gasteiger partial charge is 0.454 e. The lowest BCUT2D eigenvalue weighted by atomic mass is 10.1. The summed E-state index contributed by atoms with van der Waals surface area (Å²) in [6.45, 7) is 5.14. The molecule has 1 unspecified atom stereocenters. The van der Waals surface area contributed by atoms with Gasteiger partial charge in [-0.2, -0.15) is 5.10 Å². The van der Waals surface area contributed by atoms with Gasteiger partial charge in [-0.25, -0.2) is 0 Å². The normalized spacial score (nSPS) is 12.4. The molecular formula is C15H20BrN3O. The molecule has 0 fully saturated rings. The Labute approximate surface area is 128 Å². The maximum atomic E-state index is 5.97. The van der Waals surface area contributed by atoms with Gasteiger partial charge in [0.25, 0.3) is 0 Å². The lowest BCUT2D eigenvalue weighted by Gasteiger charge is -2.16. The second kappa shape index (κ2) is 6.90. The zero-order chi connectivity index (χ0) is 14.5. The maximum Gasteiger partial charge on any atom is 0.165 e. The fraction of sp³-hybridized carbons (Fsp3) is 0.400. The lowest BCUT2D eigenvalue weighted by Crippen LogP contribution is -2.13.